The van der Waals surface area contributed by atoms with E-state index in [-0.39, 0.29) is 17.7 Å². The van der Waals surface area contributed by atoms with E-state index in [0.29, 0.717) is 24.6 Å². The molecule has 0 radical (unpaired) electrons. The standard InChI is InChI=1S/C19H21N3O3S/c1-4-18(24)22-9-13(10-22)8-17(23)21-19-20-15(11-26-19)14-7-12(2)5-6-16(14)25-3/h4-7,11,13H,1,8-10H2,2-3H3,(H,20,21,23). The van der Waals surface area contributed by atoms with Crippen LogP contribution in [0.15, 0.2) is 36.2 Å². The number of aryl methyl sites for hydroxylation is 1. The van der Waals surface area contributed by atoms with Crippen LogP contribution in [-0.2, 0) is 9.59 Å². The number of nitrogens with zero attached hydrogens (tertiary/aromatic N) is 2. The normalized spacial score (nSPS) is 13.8. The lowest BCUT2D eigenvalue weighted by Crippen LogP contribution is -2.50. The van der Waals surface area contributed by atoms with E-state index in [1.807, 2.05) is 30.5 Å². The second-order valence-electron chi connectivity index (χ2n) is 6.31. The van der Waals surface area contributed by atoms with Gasteiger partial charge in [-0.3, -0.25) is 9.59 Å². The minimum atomic E-state index is -0.0854. The minimum Gasteiger partial charge on any atom is -0.496 e. The molecule has 0 spiro atoms. The zero-order valence-corrected chi connectivity index (χ0v) is 15.6. The number of thiazole rings is 1. The number of likely N-dealkylation sites (tertiary alicyclic amines) is 1. The number of carbonyl (C=O) groups excluding carboxylic acids is 2. The summed E-state index contributed by atoms with van der Waals surface area (Å²) in [5.74, 6) is 0.770. The number of nitrogens with one attached hydrogen (secondary N) is 1. The predicted octanol–water partition coefficient (Wildman–Crippen LogP) is 3.10. The van der Waals surface area contributed by atoms with Gasteiger partial charge in [0.25, 0.3) is 0 Å². The Labute approximate surface area is 156 Å². The first-order chi connectivity index (χ1) is 12.5. The number of carbonyl (C=O) groups is 2. The zero-order chi connectivity index (χ0) is 18.7. The van der Waals surface area contributed by atoms with Gasteiger partial charge in [-0.25, -0.2) is 4.98 Å². The number of hydrogen-bond donors (Lipinski definition) is 1. The van der Waals surface area contributed by atoms with Crippen LogP contribution in [0.2, 0.25) is 0 Å². The number of anilines is 1. The first-order valence-corrected chi connectivity index (χ1v) is 9.20. The van der Waals surface area contributed by atoms with Gasteiger partial charge in [-0.2, -0.15) is 0 Å². The summed E-state index contributed by atoms with van der Waals surface area (Å²) in [6.07, 6.45) is 1.68. The van der Waals surface area contributed by atoms with Gasteiger partial charge < -0.3 is 15.0 Å². The van der Waals surface area contributed by atoms with Crippen LogP contribution in [0.4, 0.5) is 5.13 Å². The van der Waals surface area contributed by atoms with Crippen molar-refractivity contribution >= 4 is 28.3 Å². The maximum atomic E-state index is 12.2. The highest BCUT2D eigenvalue weighted by molar-refractivity contribution is 7.14. The molecular formula is C19H21N3O3S. The molecule has 1 saturated heterocycles. The average molecular weight is 371 g/mol. The lowest BCUT2D eigenvalue weighted by Gasteiger charge is -2.38. The van der Waals surface area contributed by atoms with Gasteiger partial charge >= 0.3 is 0 Å². The highest BCUT2D eigenvalue weighted by Crippen LogP contribution is 2.33. The van der Waals surface area contributed by atoms with Crippen LogP contribution in [0.5, 0.6) is 5.75 Å². The molecule has 2 amide bonds. The van der Waals surface area contributed by atoms with Crippen molar-refractivity contribution in [3.05, 3.63) is 41.8 Å². The topological polar surface area (TPSA) is 71.5 Å². The van der Waals surface area contributed by atoms with Gasteiger partial charge in [-0.15, -0.1) is 11.3 Å². The smallest absolute Gasteiger partial charge is 0.245 e. The summed E-state index contributed by atoms with van der Waals surface area (Å²) in [7, 11) is 1.63. The molecule has 0 bridgehead atoms. The van der Waals surface area contributed by atoms with Crippen molar-refractivity contribution in [3.8, 4) is 17.0 Å². The van der Waals surface area contributed by atoms with Crippen molar-refractivity contribution in [3.63, 3.8) is 0 Å². The Morgan fingerprint density at radius 1 is 1.46 bits per heavy atom. The summed E-state index contributed by atoms with van der Waals surface area (Å²) >= 11 is 1.38. The van der Waals surface area contributed by atoms with Crippen LogP contribution in [0.25, 0.3) is 11.3 Å². The molecule has 1 N–H and O–H groups in total. The molecule has 1 aliphatic heterocycles. The summed E-state index contributed by atoms with van der Waals surface area (Å²) in [6.45, 7) is 6.67. The largest absolute Gasteiger partial charge is 0.496 e. The van der Waals surface area contributed by atoms with Crippen LogP contribution in [0.3, 0.4) is 0 Å². The Morgan fingerprint density at radius 2 is 2.23 bits per heavy atom. The fraction of sp³-hybridized carbons (Fsp3) is 0.316. The highest BCUT2D eigenvalue weighted by atomic mass is 32.1. The van der Waals surface area contributed by atoms with Crippen LogP contribution >= 0.6 is 11.3 Å². The van der Waals surface area contributed by atoms with Crippen LogP contribution in [0.1, 0.15) is 12.0 Å². The predicted molar refractivity (Wildman–Crippen MR) is 102 cm³/mol. The van der Waals surface area contributed by atoms with E-state index in [1.54, 1.807) is 12.0 Å². The van der Waals surface area contributed by atoms with Crippen LogP contribution in [0, 0.1) is 12.8 Å². The summed E-state index contributed by atoms with van der Waals surface area (Å²) in [6, 6.07) is 5.91. The van der Waals surface area contributed by atoms with Crippen molar-refractivity contribution in [1.82, 2.24) is 9.88 Å². The Hall–Kier alpha value is -2.67. The number of ether oxygens (including phenoxy) is 1. The van der Waals surface area contributed by atoms with Crippen molar-refractivity contribution in [2.24, 2.45) is 5.92 Å². The molecule has 1 aromatic carbocycles. The third-order valence-corrected chi connectivity index (χ3v) is 5.06. The van der Waals surface area contributed by atoms with Gasteiger partial charge in [0.15, 0.2) is 5.13 Å². The second-order valence-corrected chi connectivity index (χ2v) is 7.17. The van der Waals surface area contributed by atoms with Gasteiger partial charge in [0.2, 0.25) is 11.8 Å². The Morgan fingerprint density at radius 3 is 2.92 bits per heavy atom. The molecule has 6 nitrogen and oxygen atoms in total. The maximum Gasteiger partial charge on any atom is 0.245 e. The first-order valence-electron chi connectivity index (χ1n) is 8.32. The quantitative estimate of drug-likeness (QED) is 0.792. The van der Waals surface area contributed by atoms with E-state index in [1.165, 1.54) is 17.4 Å². The van der Waals surface area contributed by atoms with E-state index in [2.05, 4.69) is 16.9 Å². The van der Waals surface area contributed by atoms with E-state index in [4.69, 9.17) is 4.74 Å². The fourth-order valence-electron chi connectivity index (χ4n) is 2.92. The fourth-order valence-corrected chi connectivity index (χ4v) is 3.64. The molecule has 136 valence electrons. The molecule has 0 atom stereocenters. The highest BCUT2D eigenvalue weighted by Gasteiger charge is 2.30. The van der Waals surface area contributed by atoms with Crippen molar-refractivity contribution < 1.29 is 14.3 Å². The summed E-state index contributed by atoms with van der Waals surface area (Å²) < 4.78 is 5.40. The third-order valence-electron chi connectivity index (χ3n) is 4.30. The molecule has 0 saturated carbocycles. The number of amides is 2. The van der Waals surface area contributed by atoms with Gasteiger partial charge in [0, 0.05) is 36.4 Å². The van der Waals surface area contributed by atoms with Crippen molar-refractivity contribution in [2.75, 3.05) is 25.5 Å². The number of benzene rings is 1. The lowest BCUT2D eigenvalue weighted by molar-refractivity contribution is -0.134. The molecule has 2 heterocycles. The minimum absolute atomic E-state index is 0.0849. The van der Waals surface area contributed by atoms with Crippen molar-refractivity contribution in [2.45, 2.75) is 13.3 Å². The number of rotatable bonds is 6. The molecule has 0 aliphatic carbocycles. The van der Waals surface area contributed by atoms with E-state index in [9.17, 15) is 9.59 Å². The maximum absolute atomic E-state index is 12.2. The molecule has 0 unspecified atom stereocenters. The second kappa shape index (κ2) is 7.70. The summed E-state index contributed by atoms with van der Waals surface area (Å²) in [5.41, 5.74) is 2.79. The summed E-state index contributed by atoms with van der Waals surface area (Å²) in [5, 5.41) is 5.31. The number of methoxy groups -OCH3 is 1. The average Bonchev–Trinajstić information content (AvgIpc) is 3.05. The Bertz CT molecular complexity index is 840. The number of hydrogen-bond acceptors (Lipinski definition) is 5. The van der Waals surface area contributed by atoms with Crippen LogP contribution in [-0.4, -0.2) is 41.9 Å². The molecule has 1 aromatic heterocycles. The van der Waals surface area contributed by atoms with Gasteiger partial charge in [0.05, 0.1) is 12.8 Å². The SMILES string of the molecule is C=CC(=O)N1CC(CC(=O)Nc2nc(-c3cc(C)ccc3OC)cs2)C1. The Kier molecular flexibility index (Phi) is 5.37. The van der Waals surface area contributed by atoms with E-state index < -0.39 is 0 Å². The monoisotopic (exact) mass is 371 g/mol. The molecule has 7 heteroatoms. The van der Waals surface area contributed by atoms with Gasteiger partial charge in [0.1, 0.15) is 5.75 Å². The third kappa shape index (κ3) is 3.94. The van der Waals surface area contributed by atoms with E-state index in [0.717, 1.165) is 22.6 Å². The Balaban J connectivity index is 1.59. The molecule has 1 fully saturated rings. The van der Waals surface area contributed by atoms with Crippen LogP contribution < -0.4 is 10.1 Å². The molecule has 1 aliphatic rings. The van der Waals surface area contributed by atoms with Gasteiger partial charge in [-0.1, -0.05) is 18.2 Å². The lowest BCUT2D eigenvalue weighted by atomic mass is 9.96. The number of aromatic nitrogens is 1. The molecular weight excluding hydrogens is 350 g/mol. The summed E-state index contributed by atoms with van der Waals surface area (Å²) in [4.78, 5) is 29.8. The molecule has 3 rings (SSSR count). The van der Waals surface area contributed by atoms with Gasteiger partial charge in [-0.05, 0) is 25.1 Å². The van der Waals surface area contributed by atoms with Crippen molar-refractivity contribution in [1.29, 1.82) is 0 Å². The molecule has 2 aromatic rings. The zero-order valence-electron chi connectivity index (χ0n) is 14.8. The molecule has 26 heavy (non-hydrogen) atoms. The first kappa shape index (κ1) is 18.1. The van der Waals surface area contributed by atoms with E-state index >= 15 is 0 Å².